The van der Waals surface area contributed by atoms with Crippen molar-refractivity contribution in [3.63, 3.8) is 0 Å². The SMILES string of the molecule is Cc1ccc2nc(-c3cc(NC(=O)c4ccc(-c5ccc(Cl)cc5)o4)ccc3Cl)oc2c1. The van der Waals surface area contributed by atoms with E-state index in [4.69, 9.17) is 32.0 Å². The molecule has 32 heavy (non-hydrogen) atoms. The molecule has 158 valence electrons. The van der Waals surface area contributed by atoms with Gasteiger partial charge in [-0.05, 0) is 79.2 Å². The number of aromatic nitrogens is 1. The lowest BCUT2D eigenvalue weighted by Crippen LogP contribution is -2.10. The lowest BCUT2D eigenvalue weighted by Gasteiger charge is -2.06. The minimum Gasteiger partial charge on any atom is -0.451 e. The van der Waals surface area contributed by atoms with Crippen LogP contribution in [0.3, 0.4) is 0 Å². The van der Waals surface area contributed by atoms with Crippen molar-refractivity contribution in [3.8, 4) is 22.8 Å². The van der Waals surface area contributed by atoms with E-state index < -0.39 is 0 Å². The monoisotopic (exact) mass is 462 g/mol. The molecule has 0 aliphatic carbocycles. The highest BCUT2D eigenvalue weighted by molar-refractivity contribution is 6.33. The van der Waals surface area contributed by atoms with Crippen molar-refractivity contribution >= 4 is 45.9 Å². The van der Waals surface area contributed by atoms with Gasteiger partial charge >= 0.3 is 0 Å². The molecular weight excluding hydrogens is 447 g/mol. The lowest BCUT2D eigenvalue weighted by atomic mass is 10.2. The Kier molecular flexibility index (Phi) is 5.21. The van der Waals surface area contributed by atoms with E-state index in [0.29, 0.717) is 38.5 Å². The number of carbonyl (C=O) groups is 1. The Bertz CT molecular complexity index is 1450. The molecule has 1 N–H and O–H groups in total. The minimum atomic E-state index is -0.383. The Balaban J connectivity index is 1.40. The zero-order valence-electron chi connectivity index (χ0n) is 16.9. The van der Waals surface area contributed by atoms with Gasteiger partial charge in [0.15, 0.2) is 11.3 Å². The summed E-state index contributed by atoms with van der Waals surface area (Å²) in [6.45, 7) is 1.98. The molecule has 0 spiro atoms. The second-order valence-corrected chi connectivity index (χ2v) is 8.15. The number of hydrogen-bond acceptors (Lipinski definition) is 4. The topological polar surface area (TPSA) is 68.3 Å². The number of rotatable bonds is 4. The smallest absolute Gasteiger partial charge is 0.291 e. The second-order valence-electron chi connectivity index (χ2n) is 7.31. The molecule has 0 aliphatic rings. The molecular formula is C25H16Cl2N2O3. The van der Waals surface area contributed by atoms with Crippen molar-refractivity contribution in [1.29, 1.82) is 0 Å². The van der Waals surface area contributed by atoms with Crippen molar-refractivity contribution in [2.24, 2.45) is 0 Å². The summed E-state index contributed by atoms with van der Waals surface area (Å²) in [4.78, 5) is 17.2. The van der Waals surface area contributed by atoms with Crippen LogP contribution in [-0.4, -0.2) is 10.9 Å². The van der Waals surface area contributed by atoms with Crippen LogP contribution in [0.1, 0.15) is 16.1 Å². The number of aryl methyl sites for hydroxylation is 1. The van der Waals surface area contributed by atoms with E-state index in [0.717, 1.165) is 16.6 Å². The van der Waals surface area contributed by atoms with Crippen LogP contribution in [0.25, 0.3) is 33.9 Å². The number of carbonyl (C=O) groups excluding carboxylic acids is 1. The summed E-state index contributed by atoms with van der Waals surface area (Å²) >= 11 is 12.3. The van der Waals surface area contributed by atoms with Gasteiger partial charge in [-0.25, -0.2) is 4.98 Å². The first-order valence-corrected chi connectivity index (χ1v) is 10.6. The van der Waals surface area contributed by atoms with Gasteiger partial charge in [0.1, 0.15) is 11.3 Å². The number of nitrogens with one attached hydrogen (secondary N) is 1. The number of oxazole rings is 1. The average Bonchev–Trinajstić information content (AvgIpc) is 3.43. The van der Waals surface area contributed by atoms with E-state index in [1.807, 2.05) is 37.3 Å². The van der Waals surface area contributed by atoms with Crippen LogP contribution in [0.15, 0.2) is 81.6 Å². The zero-order valence-corrected chi connectivity index (χ0v) is 18.4. The van der Waals surface area contributed by atoms with Gasteiger partial charge in [-0.15, -0.1) is 0 Å². The van der Waals surface area contributed by atoms with Crippen molar-refractivity contribution in [3.05, 3.63) is 94.2 Å². The van der Waals surface area contributed by atoms with Crippen LogP contribution < -0.4 is 5.32 Å². The summed E-state index contributed by atoms with van der Waals surface area (Å²) in [5.41, 5.74) is 4.44. The van der Waals surface area contributed by atoms with Gasteiger partial charge in [-0.2, -0.15) is 0 Å². The Hall–Kier alpha value is -3.54. The number of anilines is 1. The molecule has 5 nitrogen and oxygen atoms in total. The maximum Gasteiger partial charge on any atom is 0.291 e. The fourth-order valence-corrected chi connectivity index (χ4v) is 3.66. The summed E-state index contributed by atoms with van der Waals surface area (Å²) in [5.74, 6) is 0.760. The minimum absolute atomic E-state index is 0.184. The van der Waals surface area contributed by atoms with Gasteiger partial charge in [0.05, 0.1) is 10.6 Å². The van der Waals surface area contributed by atoms with Crippen LogP contribution >= 0.6 is 23.2 Å². The molecule has 1 amide bonds. The highest BCUT2D eigenvalue weighted by Crippen LogP contribution is 2.33. The van der Waals surface area contributed by atoms with Crippen LogP contribution in [0, 0.1) is 6.92 Å². The van der Waals surface area contributed by atoms with Gasteiger partial charge in [-0.1, -0.05) is 29.3 Å². The van der Waals surface area contributed by atoms with E-state index >= 15 is 0 Å². The molecule has 7 heteroatoms. The summed E-state index contributed by atoms with van der Waals surface area (Å²) in [5, 5.41) is 3.93. The predicted molar refractivity (Wildman–Crippen MR) is 126 cm³/mol. The van der Waals surface area contributed by atoms with Crippen LogP contribution in [0.4, 0.5) is 5.69 Å². The summed E-state index contributed by atoms with van der Waals surface area (Å²) < 4.78 is 11.6. The Morgan fingerprint density at radius 2 is 1.72 bits per heavy atom. The number of amides is 1. The molecule has 2 aromatic heterocycles. The normalized spacial score (nSPS) is 11.1. The molecule has 0 unspecified atom stereocenters. The fourth-order valence-electron chi connectivity index (χ4n) is 3.34. The Labute approximate surface area is 193 Å². The third kappa shape index (κ3) is 4.00. The van der Waals surface area contributed by atoms with Gasteiger partial charge in [-0.3, -0.25) is 4.79 Å². The average molecular weight is 463 g/mol. The molecule has 0 saturated heterocycles. The number of hydrogen-bond donors (Lipinski definition) is 1. The third-order valence-corrected chi connectivity index (χ3v) is 5.54. The first-order chi connectivity index (χ1) is 15.5. The van der Waals surface area contributed by atoms with Gasteiger partial charge in [0, 0.05) is 16.3 Å². The number of fused-ring (bicyclic) bond motifs is 1. The van der Waals surface area contributed by atoms with Crippen molar-refractivity contribution in [1.82, 2.24) is 4.98 Å². The van der Waals surface area contributed by atoms with E-state index in [2.05, 4.69) is 10.3 Å². The number of furan rings is 1. The number of benzene rings is 3. The van der Waals surface area contributed by atoms with Gasteiger partial charge < -0.3 is 14.2 Å². The van der Waals surface area contributed by atoms with Crippen molar-refractivity contribution in [2.45, 2.75) is 6.92 Å². The summed E-state index contributed by atoms with van der Waals surface area (Å²) in [6, 6.07) is 21.5. The molecule has 2 heterocycles. The van der Waals surface area contributed by atoms with Crippen LogP contribution in [0.2, 0.25) is 10.0 Å². The van der Waals surface area contributed by atoms with E-state index in [1.165, 1.54) is 0 Å². The predicted octanol–water partition coefficient (Wildman–Crippen LogP) is 7.62. The van der Waals surface area contributed by atoms with Gasteiger partial charge in [0.25, 0.3) is 5.91 Å². The van der Waals surface area contributed by atoms with Gasteiger partial charge in [0.2, 0.25) is 5.89 Å². The maximum absolute atomic E-state index is 12.7. The third-order valence-electron chi connectivity index (χ3n) is 4.96. The largest absolute Gasteiger partial charge is 0.451 e. The Morgan fingerprint density at radius 1 is 0.906 bits per heavy atom. The molecule has 0 bridgehead atoms. The van der Waals surface area contributed by atoms with Crippen LogP contribution in [-0.2, 0) is 0 Å². The summed E-state index contributed by atoms with van der Waals surface area (Å²) in [7, 11) is 0. The number of nitrogens with zero attached hydrogens (tertiary/aromatic N) is 1. The molecule has 5 rings (SSSR count). The first-order valence-electron chi connectivity index (χ1n) is 9.80. The van der Waals surface area contributed by atoms with Crippen LogP contribution in [0.5, 0.6) is 0 Å². The second kappa shape index (κ2) is 8.19. The van der Waals surface area contributed by atoms with E-state index in [9.17, 15) is 4.79 Å². The Morgan fingerprint density at radius 3 is 2.53 bits per heavy atom. The van der Waals surface area contributed by atoms with Crippen molar-refractivity contribution in [2.75, 3.05) is 5.32 Å². The molecule has 3 aromatic carbocycles. The maximum atomic E-state index is 12.7. The van der Waals surface area contributed by atoms with E-state index in [1.54, 1.807) is 42.5 Å². The lowest BCUT2D eigenvalue weighted by molar-refractivity contribution is 0.0997. The highest BCUT2D eigenvalue weighted by Gasteiger charge is 2.16. The number of halogens is 2. The molecule has 0 saturated carbocycles. The zero-order chi connectivity index (χ0) is 22.2. The van der Waals surface area contributed by atoms with Crippen molar-refractivity contribution < 1.29 is 13.6 Å². The molecule has 0 fully saturated rings. The highest BCUT2D eigenvalue weighted by atomic mass is 35.5. The molecule has 0 radical (unpaired) electrons. The van der Waals surface area contributed by atoms with E-state index in [-0.39, 0.29) is 11.7 Å². The molecule has 5 aromatic rings. The molecule has 0 atom stereocenters. The summed E-state index contributed by atoms with van der Waals surface area (Å²) in [6.07, 6.45) is 0. The standard InChI is InChI=1S/C25H16Cl2N2O3/c1-14-2-9-20-23(12-14)32-25(29-20)18-13-17(7-8-19(18)27)28-24(30)22-11-10-21(31-22)15-3-5-16(26)6-4-15/h2-13H,1H3,(H,28,30). The molecule has 0 aliphatic heterocycles. The fraction of sp³-hybridized carbons (Fsp3) is 0.0400. The first kappa shape index (κ1) is 20.4. The quantitative estimate of drug-likeness (QED) is 0.298.